The number of fused-ring (bicyclic) bond motifs is 1. The quantitative estimate of drug-likeness (QED) is 0.547. The number of hydrogen-bond donors (Lipinski definition) is 0. The van der Waals surface area contributed by atoms with Gasteiger partial charge >= 0.3 is 0 Å². The van der Waals surface area contributed by atoms with E-state index in [2.05, 4.69) is 21.8 Å². The fraction of sp³-hybridized carbons (Fsp3) is 0.227. The lowest BCUT2D eigenvalue weighted by molar-refractivity contribution is 0.312. The first kappa shape index (κ1) is 16.9. The van der Waals surface area contributed by atoms with E-state index >= 15 is 0 Å². The fourth-order valence-electron chi connectivity index (χ4n) is 3.46. The number of nitrogens with zero attached hydrogens (tertiary/aromatic N) is 5. The van der Waals surface area contributed by atoms with Crippen LogP contribution in [0.1, 0.15) is 0 Å². The lowest BCUT2D eigenvalue weighted by atomic mass is 10.2. The van der Waals surface area contributed by atoms with E-state index in [-0.39, 0.29) is 0 Å². The van der Waals surface area contributed by atoms with Gasteiger partial charge in [0.25, 0.3) is 0 Å². The lowest BCUT2D eigenvalue weighted by Crippen LogP contribution is -2.44. The fourth-order valence-corrected chi connectivity index (χ4v) is 3.46. The van der Waals surface area contributed by atoms with Crippen LogP contribution >= 0.6 is 0 Å². The van der Waals surface area contributed by atoms with Gasteiger partial charge in [-0.1, -0.05) is 48.5 Å². The Morgan fingerprint density at radius 3 is 2.07 bits per heavy atom. The van der Waals surface area contributed by atoms with E-state index in [1.807, 2.05) is 60.7 Å². The summed E-state index contributed by atoms with van der Waals surface area (Å²) in [4.78, 5) is 18.9. The topological polar surface area (TPSA) is 58.3 Å². The molecule has 0 unspecified atom stereocenters. The van der Waals surface area contributed by atoms with Crippen LogP contribution in [0.3, 0.4) is 0 Å². The van der Waals surface area contributed by atoms with E-state index in [4.69, 9.17) is 14.4 Å². The van der Waals surface area contributed by atoms with Gasteiger partial charge in [0.2, 0.25) is 17.1 Å². The molecule has 2 aromatic heterocycles. The molecule has 0 spiro atoms. The van der Waals surface area contributed by atoms with Crippen molar-refractivity contribution in [3.8, 4) is 22.8 Å². The number of anilines is 1. The van der Waals surface area contributed by atoms with E-state index in [1.165, 1.54) is 0 Å². The SMILES string of the molecule is CN1CCN(c2nc(-c3ccccc3)nc3nc(-c4ccccc4)oc23)CC1. The predicted molar refractivity (Wildman–Crippen MR) is 110 cm³/mol. The second-order valence-corrected chi connectivity index (χ2v) is 7.06. The van der Waals surface area contributed by atoms with Crippen LogP contribution in [0.15, 0.2) is 65.1 Å². The second kappa shape index (κ2) is 7.05. The second-order valence-electron chi connectivity index (χ2n) is 7.06. The zero-order valence-electron chi connectivity index (χ0n) is 15.7. The van der Waals surface area contributed by atoms with Crippen molar-refractivity contribution in [1.82, 2.24) is 19.9 Å². The number of piperazine rings is 1. The molecule has 28 heavy (non-hydrogen) atoms. The minimum atomic E-state index is 0.575. The van der Waals surface area contributed by atoms with Crippen LogP contribution in [0.4, 0.5) is 5.82 Å². The Hall–Kier alpha value is -3.25. The van der Waals surface area contributed by atoms with Crippen LogP contribution in [-0.4, -0.2) is 53.1 Å². The van der Waals surface area contributed by atoms with Crippen LogP contribution in [0.5, 0.6) is 0 Å². The first-order valence-corrected chi connectivity index (χ1v) is 9.51. The molecule has 2 aromatic carbocycles. The molecule has 3 heterocycles. The van der Waals surface area contributed by atoms with Gasteiger partial charge in [-0.3, -0.25) is 0 Å². The molecule has 1 fully saturated rings. The summed E-state index contributed by atoms with van der Waals surface area (Å²) in [5.74, 6) is 2.08. The molecule has 1 aliphatic heterocycles. The van der Waals surface area contributed by atoms with Crippen molar-refractivity contribution in [2.75, 3.05) is 38.1 Å². The normalized spacial score (nSPS) is 15.2. The average Bonchev–Trinajstić information content (AvgIpc) is 3.19. The number of hydrogen-bond acceptors (Lipinski definition) is 6. The monoisotopic (exact) mass is 371 g/mol. The minimum Gasteiger partial charge on any atom is -0.430 e. The summed E-state index contributed by atoms with van der Waals surface area (Å²) in [6.07, 6.45) is 0. The van der Waals surface area contributed by atoms with E-state index in [0.29, 0.717) is 22.9 Å². The number of rotatable bonds is 3. The summed E-state index contributed by atoms with van der Waals surface area (Å²) in [7, 11) is 2.14. The minimum absolute atomic E-state index is 0.575. The summed E-state index contributed by atoms with van der Waals surface area (Å²) in [6.45, 7) is 3.79. The summed E-state index contributed by atoms with van der Waals surface area (Å²) in [5, 5.41) is 0. The Morgan fingerprint density at radius 1 is 0.750 bits per heavy atom. The van der Waals surface area contributed by atoms with Crippen LogP contribution < -0.4 is 4.90 Å². The maximum absolute atomic E-state index is 6.16. The molecular weight excluding hydrogens is 350 g/mol. The number of oxazole rings is 1. The Bertz CT molecular complexity index is 1090. The van der Waals surface area contributed by atoms with Gasteiger partial charge in [-0.05, 0) is 19.2 Å². The Kier molecular flexibility index (Phi) is 4.25. The maximum atomic E-state index is 6.16. The van der Waals surface area contributed by atoms with Gasteiger partial charge in [0.15, 0.2) is 11.6 Å². The van der Waals surface area contributed by atoms with Crippen LogP contribution in [0.2, 0.25) is 0 Å². The van der Waals surface area contributed by atoms with Gasteiger partial charge in [-0.25, -0.2) is 9.97 Å². The first-order chi connectivity index (χ1) is 13.8. The highest BCUT2D eigenvalue weighted by molar-refractivity contribution is 5.85. The molecule has 0 saturated carbocycles. The van der Waals surface area contributed by atoms with Crippen LogP contribution in [0.25, 0.3) is 34.1 Å². The van der Waals surface area contributed by atoms with Crippen molar-refractivity contribution in [1.29, 1.82) is 0 Å². The highest BCUT2D eigenvalue weighted by Gasteiger charge is 2.23. The molecule has 0 radical (unpaired) electrons. The summed E-state index contributed by atoms with van der Waals surface area (Å²) < 4.78 is 6.16. The summed E-state index contributed by atoms with van der Waals surface area (Å²) >= 11 is 0. The van der Waals surface area contributed by atoms with Gasteiger partial charge in [0, 0.05) is 37.3 Å². The van der Waals surface area contributed by atoms with E-state index in [9.17, 15) is 0 Å². The molecule has 0 bridgehead atoms. The number of likely N-dealkylation sites (N-methyl/N-ethyl adjacent to an activating group) is 1. The summed E-state index contributed by atoms with van der Waals surface area (Å²) in [6, 6.07) is 20.0. The Labute approximate surface area is 163 Å². The molecule has 1 aliphatic rings. The van der Waals surface area contributed by atoms with Crippen molar-refractivity contribution in [3.63, 3.8) is 0 Å². The van der Waals surface area contributed by atoms with Crippen LogP contribution in [0, 0.1) is 0 Å². The summed E-state index contributed by atoms with van der Waals surface area (Å²) in [5.41, 5.74) is 3.17. The smallest absolute Gasteiger partial charge is 0.229 e. The highest BCUT2D eigenvalue weighted by atomic mass is 16.4. The molecule has 5 rings (SSSR count). The van der Waals surface area contributed by atoms with Gasteiger partial charge in [-0.15, -0.1) is 0 Å². The van der Waals surface area contributed by atoms with Crippen molar-refractivity contribution in [2.24, 2.45) is 0 Å². The van der Waals surface area contributed by atoms with Gasteiger partial charge in [0.05, 0.1) is 0 Å². The molecule has 0 N–H and O–H groups in total. The number of aromatic nitrogens is 3. The van der Waals surface area contributed by atoms with E-state index in [1.54, 1.807) is 0 Å². The van der Waals surface area contributed by atoms with Crippen molar-refractivity contribution in [2.45, 2.75) is 0 Å². The Morgan fingerprint density at radius 2 is 1.39 bits per heavy atom. The Balaban J connectivity index is 1.67. The zero-order valence-corrected chi connectivity index (χ0v) is 15.7. The zero-order chi connectivity index (χ0) is 18.9. The molecule has 0 aliphatic carbocycles. The molecular formula is C22H21N5O. The van der Waals surface area contributed by atoms with Crippen LogP contribution in [-0.2, 0) is 0 Å². The molecule has 1 saturated heterocycles. The third-order valence-corrected chi connectivity index (χ3v) is 5.09. The van der Waals surface area contributed by atoms with E-state index in [0.717, 1.165) is 43.1 Å². The molecule has 6 nitrogen and oxygen atoms in total. The van der Waals surface area contributed by atoms with Gasteiger partial charge in [0.1, 0.15) is 0 Å². The average molecular weight is 371 g/mol. The molecule has 6 heteroatoms. The molecule has 4 aromatic rings. The maximum Gasteiger partial charge on any atom is 0.229 e. The van der Waals surface area contributed by atoms with Crippen molar-refractivity contribution in [3.05, 3.63) is 60.7 Å². The molecule has 0 atom stereocenters. The third kappa shape index (κ3) is 3.12. The van der Waals surface area contributed by atoms with Gasteiger partial charge < -0.3 is 14.2 Å². The highest BCUT2D eigenvalue weighted by Crippen LogP contribution is 2.31. The largest absolute Gasteiger partial charge is 0.430 e. The first-order valence-electron chi connectivity index (χ1n) is 9.51. The predicted octanol–water partition coefficient (Wildman–Crippen LogP) is 3.70. The standard InChI is InChI=1S/C22H21N5O/c1-26-12-14-27(15-13-26)21-18-20(23-19(24-21)16-8-4-2-5-9-16)25-22(28-18)17-10-6-3-7-11-17/h2-11H,12-15H2,1H3. The number of benzene rings is 2. The van der Waals surface area contributed by atoms with Crippen molar-refractivity contribution < 1.29 is 4.42 Å². The lowest BCUT2D eigenvalue weighted by Gasteiger charge is -2.33. The van der Waals surface area contributed by atoms with E-state index < -0.39 is 0 Å². The van der Waals surface area contributed by atoms with Gasteiger partial charge in [-0.2, -0.15) is 4.98 Å². The molecule has 0 amide bonds. The van der Waals surface area contributed by atoms with Crippen molar-refractivity contribution >= 4 is 17.0 Å². The third-order valence-electron chi connectivity index (χ3n) is 5.09. The molecule has 140 valence electrons.